The van der Waals surface area contributed by atoms with Crippen LogP contribution in [0.15, 0.2) is 41.0 Å². The molecule has 0 saturated heterocycles. The molecule has 1 aromatic heterocycles. The van der Waals surface area contributed by atoms with E-state index in [4.69, 9.17) is 11.6 Å². The number of nitrogens with zero attached hydrogens (tertiary/aromatic N) is 1. The maximum Gasteiger partial charge on any atom is 0.573 e. The lowest BCUT2D eigenvalue weighted by Crippen LogP contribution is -2.25. The molecule has 2 aromatic rings. The fraction of sp³-hybridized carbons (Fsp3) is 0.143. The fourth-order valence-electron chi connectivity index (χ4n) is 1.73. The number of pyridine rings is 1. The number of carbonyl (C=O) groups excluding carboxylic acids is 1. The zero-order chi connectivity index (χ0) is 17.0. The maximum absolute atomic E-state index is 12.3. The van der Waals surface area contributed by atoms with Gasteiger partial charge in [0.1, 0.15) is 10.9 Å². The average molecular weight is 410 g/mol. The third-order valence-electron chi connectivity index (χ3n) is 2.69. The van der Waals surface area contributed by atoms with Crippen molar-refractivity contribution in [1.29, 1.82) is 0 Å². The Bertz CT molecular complexity index is 725. The second kappa shape index (κ2) is 7.18. The van der Waals surface area contributed by atoms with Crippen LogP contribution in [0.2, 0.25) is 5.15 Å². The van der Waals surface area contributed by atoms with Crippen molar-refractivity contribution < 1.29 is 22.7 Å². The van der Waals surface area contributed by atoms with Crippen molar-refractivity contribution in [2.75, 3.05) is 0 Å². The minimum atomic E-state index is -4.81. The lowest BCUT2D eigenvalue weighted by atomic mass is 10.2. The third kappa shape index (κ3) is 5.11. The normalized spacial score (nSPS) is 11.2. The number of aromatic nitrogens is 1. The summed E-state index contributed by atoms with van der Waals surface area (Å²) in [5.74, 6) is -0.940. The Kier molecular flexibility index (Phi) is 5.48. The van der Waals surface area contributed by atoms with Crippen molar-refractivity contribution >= 4 is 33.4 Å². The van der Waals surface area contributed by atoms with E-state index < -0.39 is 12.3 Å². The Balaban J connectivity index is 2.12. The molecule has 9 heteroatoms. The highest BCUT2D eigenvalue weighted by atomic mass is 79.9. The minimum absolute atomic E-state index is 0.00877. The van der Waals surface area contributed by atoms with Crippen molar-refractivity contribution in [2.45, 2.75) is 12.9 Å². The van der Waals surface area contributed by atoms with E-state index in [1.807, 2.05) is 0 Å². The Hall–Kier alpha value is -1.80. The summed E-state index contributed by atoms with van der Waals surface area (Å²) >= 11 is 8.98. The Labute approximate surface area is 142 Å². The van der Waals surface area contributed by atoms with Crippen molar-refractivity contribution in [3.63, 3.8) is 0 Å². The first-order chi connectivity index (χ1) is 10.8. The number of benzene rings is 1. The van der Waals surface area contributed by atoms with Gasteiger partial charge in [0.05, 0.1) is 5.56 Å². The maximum atomic E-state index is 12.3. The lowest BCUT2D eigenvalue weighted by Gasteiger charge is -2.13. The first-order valence-electron chi connectivity index (χ1n) is 6.19. The number of alkyl halides is 3. The molecule has 0 aliphatic heterocycles. The van der Waals surface area contributed by atoms with Gasteiger partial charge in [-0.15, -0.1) is 13.2 Å². The van der Waals surface area contributed by atoms with Gasteiger partial charge in [-0.3, -0.25) is 4.79 Å². The molecular weight excluding hydrogens is 401 g/mol. The highest BCUT2D eigenvalue weighted by molar-refractivity contribution is 9.10. The number of ether oxygens (including phenoxy) is 1. The molecule has 1 amide bonds. The van der Waals surface area contributed by atoms with E-state index >= 15 is 0 Å². The first kappa shape index (κ1) is 17.6. The first-order valence-corrected chi connectivity index (χ1v) is 7.36. The molecule has 1 N–H and O–H groups in total. The molecule has 23 heavy (non-hydrogen) atoms. The summed E-state index contributed by atoms with van der Waals surface area (Å²) in [6.07, 6.45) is -3.39. The van der Waals surface area contributed by atoms with E-state index in [0.29, 0.717) is 4.47 Å². The van der Waals surface area contributed by atoms with Crippen LogP contribution in [-0.2, 0) is 6.54 Å². The molecule has 0 unspecified atom stereocenters. The SMILES string of the molecule is O=C(NCc1ccccc1OC(F)(F)F)c1cc(Br)cnc1Cl. The second-order valence-corrected chi connectivity index (χ2v) is 5.60. The van der Waals surface area contributed by atoms with Crippen LogP contribution in [-0.4, -0.2) is 17.3 Å². The van der Waals surface area contributed by atoms with E-state index in [1.54, 1.807) is 6.07 Å². The molecule has 1 aromatic carbocycles. The van der Waals surface area contributed by atoms with Gasteiger partial charge < -0.3 is 10.1 Å². The van der Waals surface area contributed by atoms with Crippen LogP contribution >= 0.6 is 27.5 Å². The zero-order valence-corrected chi connectivity index (χ0v) is 13.7. The predicted molar refractivity (Wildman–Crippen MR) is 81.2 cm³/mol. The van der Waals surface area contributed by atoms with Crippen LogP contribution < -0.4 is 10.1 Å². The zero-order valence-electron chi connectivity index (χ0n) is 11.3. The number of hydrogen-bond donors (Lipinski definition) is 1. The van der Waals surface area contributed by atoms with Gasteiger partial charge in [0, 0.05) is 22.8 Å². The van der Waals surface area contributed by atoms with Gasteiger partial charge in [0.2, 0.25) is 0 Å². The van der Waals surface area contributed by atoms with Crippen LogP contribution in [0.5, 0.6) is 5.75 Å². The molecular formula is C14H9BrClF3N2O2. The van der Waals surface area contributed by atoms with Crippen LogP contribution in [0.1, 0.15) is 15.9 Å². The van der Waals surface area contributed by atoms with Crippen LogP contribution in [0, 0.1) is 0 Å². The topological polar surface area (TPSA) is 51.2 Å². The van der Waals surface area contributed by atoms with E-state index in [-0.39, 0.29) is 28.6 Å². The highest BCUT2D eigenvalue weighted by Crippen LogP contribution is 2.26. The van der Waals surface area contributed by atoms with Crippen molar-refractivity contribution in [3.8, 4) is 5.75 Å². The van der Waals surface area contributed by atoms with Gasteiger partial charge in [0.15, 0.2) is 0 Å². The van der Waals surface area contributed by atoms with Crippen molar-refractivity contribution in [2.24, 2.45) is 0 Å². The highest BCUT2D eigenvalue weighted by Gasteiger charge is 2.32. The predicted octanol–water partition coefficient (Wildman–Crippen LogP) is 4.33. The summed E-state index contributed by atoms with van der Waals surface area (Å²) in [6.45, 7) is -0.159. The minimum Gasteiger partial charge on any atom is -0.405 e. The monoisotopic (exact) mass is 408 g/mol. The smallest absolute Gasteiger partial charge is 0.405 e. The number of nitrogens with one attached hydrogen (secondary N) is 1. The van der Waals surface area contributed by atoms with E-state index in [0.717, 1.165) is 0 Å². The third-order valence-corrected chi connectivity index (χ3v) is 3.42. The molecule has 0 spiro atoms. The summed E-state index contributed by atoms with van der Waals surface area (Å²) in [7, 11) is 0. The molecule has 0 radical (unpaired) electrons. The van der Waals surface area contributed by atoms with E-state index in [2.05, 4.69) is 31.0 Å². The van der Waals surface area contributed by atoms with E-state index in [9.17, 15) is 18.0 Å². The molecule has 2 rings (SSSR count). The van der Waals surface area contributed by atoms with Gasteiger partial charge in [0.25, 0.3) is 5.91 Å². The molecule has 0 saturated carbocycles. The van der Waals surface area contributed by atoms with Crippen LogP contribution in [0.25, 0.3) is 0 Å². The molecule has 4 nitrogen and oxygen atoms in total. The van der Waals surface area contributed by atoms with Gasteiger partial charge in [-0.1, -0.05) is 29.8 Å². The number of hydrogen-bond acceptors (Lipinski definition) is 3. The van der Waals surface area contributed by atoms with Gasteiger partial charge in [-0.25, -0.2) is 4.98 Å². The summed E-state index contributed by atoms with van der Waals surface area (Å²) in [5, 5.41) is 2.47. The van der Waals surface area contributed by atoms with Crippen LogP contribution in [0.4, 0.5) is 13.2 Å². The summed E-state index contributed by atoms with van der Waals surface area (Å²) < 4.78 is 41.5. The van der Waals surface area contributed by atoms with Crippen LogP contribution in [0.3, 0.4) is 0 Å². The summed E-state index contributed by atoms with van der Waals surface area (Å²) in [4.78, 5) is 15.9. The van der Waals surface area contributed by atoms with Gasteiger partial charge >= 0.3 is 6.36 Å². The molecule has 0 fully saturated rings. The Morgan fingerprint density at radius 2 is 2.04 bits per heavy atom. The fourth-order valence-corrected chi connectivity index (χ4v) is 2.25. The van der Waals surface area contributed by atoms with Crippen molar-refractivity contribution in [3.05, 3.63) is 57.3 Å². The largest absolute Gasteiger partial charge is 0.573 e. The van der Waals surface area contributed by atoms with E-state index in [1.165, 1.54) is 30.5 Å². The number of halogens is 5. The molecule has 0 aliphatic rings. The molecule has 0 aliphatic carbocycles. The quantitative estimate of drug-likeness (QED) is 0.765. The Morgan fingerprint density at radius 3 is 2.74 bits per heavy atom. The molecule has 122 valence electrons. The summed E-state index contributed by atoms with van der Waals surface area (Å²) in [6, 6.07) is 6.99. The number of para-hydroxylation sites is 1. The van der Waals surface area contributed by atoms with Gasteiger partial charge in [-0.05, 0) is 28.1 Å². The standard InChI is InChI=1S/C14H9BrClF3N2O2/c15-9-5-10(12(16)20-7-9)13(22)21-6-8-3-1-2-4-11(8)23-14(17,18)19/h1-5,7H,6H2,(H,21,22). The lowest BCUT2D eigenvalue weighted by molar-refractivity contribution is -0.274. The molecule has 1 heterocycles. The Morgan fingerprint density at radius 1 is 1.35 bits per heavy atom. The molecule has 0 atom stereocenters. The number of amides is 1. The second-order valence-electron chi connectivity index (χ2n) is 4.33. The average Bonchev–Trinajstić information content (AvgIpc) is 2.47. The number of rotatable bonds is 4. The molecule has 0 bridgehead atoms. The van der Waals surface area contributed by atoms with Gasteiger partial charge in [-0.2, -0.15) is 0 Å². The van der Waals surface area contributed by atoms with Crippen molar-refractivity contribution in [1.82, 2.24) is 10.3 Å². The number of carbonyl (C=O) groups is 1. The summed E-state index contributed by atoms with van der Waals surface area (Å²) in [5.41, 5.74) is 0.285.